The molecule has 0 spiro atoms. The Bertz CT molecular complexity index is 184. The lowest BCUT2D eigenvalue weighted by Crippen LogP contribution is -1.97. The van der Waals surface area contributed by atoms with Crippen molar-refractivity contribution in [1.29, 1.82) is 0 Å². The normalized spacial score (nSPS) is 13.1. The molecule has 0 aromatic heterocycles. The van der Waals surface area contributed by atoms with Gasteiger partial charge in [-0.05, 0) is 37.5 Å². The van der Waals surface area contributed by atoms with Crippen molar-refractivity contribution < 1.29 is 5.11 Å². The van der Waals surface area contributed by atoms with Crippen LogP contribution in [-0.2, 0) is 0 Å². The number of allylic oxidation sites excluding steroid dienone is 4. The van der Waals surface area contributed by atoms with Gasteiger partial charge in [-0.25, -0.2) is 0 Å². The average Bonchev–Trinajstić information content (AvgIpc) is 2.14. The van der Waals surface area contributed by atoms with E-state index in [4.69, 9.17) is 5.11 Å². The first-order chi connectivity index (χ1) is 7.06. The lowest BCUT2D eigenvalue weighted by molar-refractivity contribution is 0.285. The Morgan fingerprint density at radius 1 is 0.867 bits per heavy atom. The van der Waals surface area contributed by atoms with E-state index in [1.54, 1.807) is 0 Å². The van der Waals surface area contributed by atoms with E-state index in [0.717, 1.165) is 32.1 Å². The second-order valence-corrected chi connectivity index (χ2v) is 5.04. The summed E-state index contributed by atoms with van der Waals surface area (Å²) < 4.78 is 0. The Kier molecular flexibility index (Phi) is 8.40. The van der Waals surface area contributed by atoms with Crippen LogP contribution >= 0.6 is 0 Å². The number of hydrogen-bond donors (Lipinski definition) is 1. The van der Waals surface area contributed by atoms with Gasteiger partial charge in [-0.1, -0.05) is 45.1 Å². The minimum atomic E-state index is 0.310. The Labute approximate surface area is 94.9 Å². The fourth-order valence-electron chi connectivity index (χ4n) is 1.24. The van der Waals surface area contributed by atoms with Crippen LogP contribution in [0.4, 0.5) is 0 Å². The molecule has 0 unspecified atom stereocenters. The van der Waals surface area contributed by atoms with Crippen molar-refractivity contribution in [3.05, 3.63) is 24.3 Å². The highest BCUT2D eigenvalue weighted by atomic mass is 16.2. The molecule has 88 valence electrons. The largest absolute Gasteiger partial charge is 0.396 e. The molecule has 1 N–H and O–H groups in total. The summed E-state index contributed by atoms with van der Waals surface area (Å²) in [6, 6.07) is 0. The van der Waals surface area contributed by atoms with Crippen molar-refractivity contribution in [2.75, 3.05) is 6.61 Å². The van der Waals surface area contributed by atoms with Gasteiger partial charge in [0.2, 0.25) is 0 Å². The van der Waals surface area contributed by atoms with E-state index in [2.05, 4.69) is 45.1 Å². The Morgan fingerprint density at radius 2 is 1.47 bits per heavy atom. The minimum absolute atomic E-state index is 0.310. The van der Waals surface area contributed by atoms with Crippen molar-refractivity contribution >= 4 is 0 Å². The van der Waals surface area contributed by atoms with Gasteiger partial charge in [0.25, 0.3) is 0 Å². The lowest BCUT2D eigenvalue weighted by Gasteiger charge is -2.10. The van der Waals surface area contributed by atoms with Gasteiger partial charge in [0, 0.05) is 6.61 Å². The van der Waals surface area contributed by atoms with Crippen molar-refractivity contribution in [3.63, 3.8) is 0 Å². The topological polar surface area (TPSA) is 20.2 Å². The zero-order valence-electron chi connectivity index (χ0n) is 10.5. The molecule has 0 aromatic rings. The number of rotatable bonds is 7. The molecular weight excluding hydrogens is 184 g/mol. The van der Waals surface area contributed by atoms with Crippen molar-refractivity contribution in [3.8, 4) is 0 Å². The quantitative estimate of drug-likeness (QED) is 0.496. The fourth-order valence-corrected chi connectivity index (χ4v) is 1.24. The van der Waals surface area contributed by atoms with Gasteiger partial charge >= 0.3 is 0 Å². The van der Waals surface area contributed by atoms with Crippen LogP contribution in [-0.4, -0.2) is 11.7 Å². The molecule has 0 rings (SSSR count). The fraction of sp³-hybridized carbons (Fsp3) is 0.714. The third kappa shape index (κ3) is 13.4. The third-order valence-electron chi connectivity index (χ3n) is 2.06. The monoisotopic (exact) mass is 210 g/mol. The summed E-state index contributed by atoms with van der Waals surface area (Å²) in [6.07, 6.45) is 14.4. The average molecular weight is 210 g/mol. The SMILES string of the molecule is CC(C)(C)C=CCCC=CCCCCO. The van der Waals surface area contributed by atoms with Crippen LogP contribution in [0.25, 0.3) is 0 Å². The first kappa shape index (κ1) is 14.4. The molecule has 0 aliphatic heterocycles. The molecule has 0 aliphatic carbocycles. The van der Waals surface area contributed by atoms with Crippen molar-refractivity contribution in [1.82, 2.24) is 0 Å². The molecule has 0 fully saturated rings. The maximum atomic E-state index is 8.58. The predicted octanol–water partition coefficient (Wildman–Crippen LogP) is 4.09. The number of hydrogen-bond acceptors (Lipinski definition) is 1. The molecule has 0 heterocycles. The van der Waals surface area contributed by atoms with Crippen molar-refractivity contribution in [2.24, 2.45) is 5.41 Å². The van der Waals surface area contributed by atoms with Crippen LogP contribution in [0, 0.1) is 5.41 Å². The molecule has 0 bridgehead atoms. The van der Waals surface area contributed by atoms with Gasteiger partial charge in [0.1, 0.15) is 0 Å². The molecule has 15 heavy (non-hydrogen) atoms. The molecule has 1 nitrogen and oxygen atoms in total. The molecule has 0 saturated carbocycles. The molecule has 0 atom stereocenters. The van der Waals surface area contributed by atoms with E-state index in [9.17, 15) is 0 Å². The maximum Gasteiger partial charge on any atom is 0.0431 e. The van der Waals surface area contributed by atoms with Crippen LogP contribution in [0.5, 0.6) is 0 Å². The van der Waals surface area contributed by atoms with Crippen LogP contribution in [0.1, 0.15) is 52.9 Å². The van der Waals surface area contributed by atoms with Crippen molar-refractivity contribution in [2.45, 2.75) is 52.9 Å². The van der Waals surface area contributed by atoms with Gasteiger partial charge in [-0.15, -0.1) is 0 Å². The van der Waals surface area contributed by atoms with Gasteiger partial charge in [0.15, 0.2) is 0 Å². The van der Waals surface area contributed by atoms with E-state index >= 15 is 0 Å². The molecular formula is C14H26O. The zero-order chi connectivity index (χ0) is 11.6. The molecule has 0 saturated heterocycles. The van der Waals surface area contributed by atoms with E-state index in [-0.39, 0.29) is 0 Å². The minimum Gasteiger partial charge on any atom is -0.396 e. The Morgan fingerprint density at radius 3 is 2.07 bits per heavy atom. The van der Waals surface area contributed by atoms with E-state index in [1.807, 2.05) is 0 Å². The second-order valence-electron chi connectivity index (χ2n) is 5.04. The van der Waals surface area contributed by atoms with Crippen LogP contribution in [0.2, 0.25) is 0 Å². The summed E-state index contributed by atoms with van der Waals surface area (Å²) in [7, 11) is 0. The molecule has 0 amide bonds. The summed E-state index contributed by atoms with van der Waals surface area (Å²) >= 11 is 0. The molecule has 0 aliphatic rings. The predicted molar refractivity (Wildman–Crippen MR) is 67.9 cm³/mol. The first-order valence-electron chi connectivity index (χ1n) is 6.00. The molecule has 0 radical (unpaired) electrons. The summed E-state index contributed by atoms with van der Waals surface area (Å²) in [5.74, 6) is 0. The van der Waals surface area contributed by atoms with E-state index in [0.29, 0.717) is 12.0 Å². The first-order valence-corrected chi connectivity index (χ1v) is 6.00. The zero-order valence-corrected chi connectivity index (χ0v) is 10.5. The van der Waals surface area contributed by atoms with E-state index in [1.165, 1.54) is 0 Å². The Balaban J connectivity index is 3.34. The second kappa shape index (κ2) is 8.72. The van der Waals surface area contributed by atoms with Crippen LogP contribution in [0.3, 0.4) is 0 Å². The van der Waals surface area contributed by atoms with Crippen LogP contribution in [0.15, 0.2) is 24.3 Å². The summed E-state index contributed by atoms with van der Waals surface area (Å²) in [6.45, 7) is 6.97. The van der Waals surface area contributed by atoms with Gasteiger partial charge in [-0.2, -0.15) is 0 Å². The Hall–Kier alpha value is -0.560. The number of aliphatic hydroxyl groups excluding tert-OH is 1. The third-order valence-corrected chi connectivity index (χ3v) is 2.06. The van der Waals surface area contributed by atoms with Gasteiger partial charge in [0.05, 0.1) is 0 Å². The van der Waals surface area contributed by atoms with Gasteiger partial charge in [-0.3, -0.25) is 0 Å². The van der Waals surface area contributed by atoms with E-state index < -0.39 is 0 Å². The highest BCUT2D eigenvalue weighted by Gasteiger charge is 2.01. The number of unbranched alkanes of at least 4 members (excludes halogenated alkanes) is 3. The smallest absolute Gasteiger partial charge is 0.0431 e. The standard InChI is InChI=1S/C14H26O/c1-14(2,3)12-10-8-6-4-5-7-9-11-13-15/h4-5,10,12,15H,6-9,11,13H2,1-3H3. The maximum absolute atomic E-state index is 8.58. The van der Waals surface area contributed by atoms with Gasteiger partial charge < -0.3 is 5.11 Å². The highest BCUT2D eigenvalue weighted by Crippen LogP contribution is 2.15. The highest BCUT2D eigenvalue weighted by molar-refractivity contribution is 4.94. The summed E-state index contributed by atoms with van der Waals surface area (Å²) in [5.41, 5.74) is 0.310. The number of aliphatic hydroxyl groups is 1. The lowest BCUT2D eigenvalue weighted by atomic mass is 9.96. The molecule has 0 aromatic carbocycles. The molecule has 1 heteroatoms. The summed E-state index contributed by atoms with van der Waals surface area (Å²) in [5, 5.41) is 8.58. The summed E-state index contributed by atoms with van der Waals surface area (Å²) in [4.78, 5) is 0. The van der Waals surface area contributed by atoms with Crippen LogP contribution < -0.4 is 0 Å².